The third kappa shape index (κ3) is 3.65. The smallest absolute Gasteiger partial charge is 0.168 e. The van der Waals surface area contributed by atoms with E-state index in [4.69, 9.17) is 0 Å². The highest BCUT2D eigenvalue weighted by Crippen LogP contribution is 2.24. The summed E-state index contributed by atoms with van der Waals surface area (Å²) in [4.78, 5) is 17.9. The van der Waals surface area contributed by atoms with E-state index in [0.717, 1.165) is 41.2 Å². The van der Waals surface area contributed by atoms with Gasteiger partial charge in [-0.05, 0) is 12.1 Å². The molecule has 21 heavy (non-hydrogen) atoms. The number of nitrogens with zero attached hydrogens (tertiary/aromatic N) is 1. The zero-order valence-corrected chi connectivity index (χ0v) is 12.3. The maximum Gasteiger partial charge on any atom is 0.168 e. The van der Waals surface area contributed by atoms with Gasteiger partial charge in [0.15, 0.2) is 6.29 Å². The van der Waals surface area contributed by atoms with Gasteiger partial charge < -0.3 is 4.98 Å². The lowest BCUT2D eigenvalue weighted by atomic mass is 10.2. The number of carbonyl (C=O) groups is 1. The van der Waals surface area contributed by atoms with E-state index in [-0.39, 0.29) is 0 Å². The fourth-order valence-electron chi connectivity index (χ4n) is 2.08. The van der Waals surface area contributed by atoms with Gasteiger partial charge in [-0.15, -0.1) is 0 Å². The Labute approximate surface area is 123 Å². The number of carbonyl (C=O) groups excluding carboxylic acids is 1. The fourth-order valence-corrected chi connectivity index (χ4v) is 2.08. The van der Waals surface area contributed by atoms with Gasteiger partial charge in [0.25, 0.3) is 0 Å². The Bertz CT molecular complexity index is 716. The standard InChI is InChI=1S/C12H8N2O.C4H12N2/c15-7-8-5-10-9-3-1-2-4-11(9)14-12(10)6-13-8;1-3-5-6-4-2/h1-7,14H;5-6H,3-4H2,1-2H3. The fraction of sp³-hybridized carbons (Fsp3) is 0.250. The molecule has 0 aliphatic carbocycles. The lowest BCUT2D eigenvalue weighted by molar-refractivity contribution is 0.111. The normalized spacial score (nSPS) is 10.4. The van der Waals surface area contributed by atoms with Gasteiger partial charge >= 0.3 is 0 Å². The molecule has 0 amide bonds. The van der Waals surface area contributed by atoms with Crippen LogP contribution in [0.15, 0.2) is 36.5 Å². The highest BCUT2D eigenvalue weighted by atomic mass is 16.1. The number of aldehydes is 1. The van der Waals surface area contributed by atoms with Crippen LogP contribution in [0, 0.1) is 0 Å². The minimum absolute atomic E-state index is 0.465. The molecule has 2 heterocycles. The van der Waals surface area contributed by atoms with Crippen LogP contribution in [-0.2, 0) is 0 Å². The topological polar surface area (TPSA) is 69.8 Å². The Morgan fingerprint density at radius 3 is 2.48 bits per heavy atom. The van der Waals surface area contributed by atoms with Crippen molar-refractivity contribution in [2.24, 2.45) is 0 Å². The molecule has 2 aromatic heterocycles. The van der Waals surface area contributed by atoms with Crippen LogP contribution in [-0.4, -0.2) is 29.3 Å². The Kier molecular flexibility index (Phi) is 5.43. The zero-order valence-electron chi connectivity index (χ0n) is 12.3. The molecule has 0 spiro atoms. The quantitative estimate of drug-likeness (QED) is 0.391. The molecule has 3 N–H and O–H groups in total. The van der Waals surface area contributed by atoms with Crippen LogP contribution >= 0.6 is 0 Å². The molecule has 5 heteroatoms. The van der Waals surface area contributed by atoms with E-state index in [1.54, 1.807) is 12.3 Å². The third-order valence-electron chi connectivity index (χ3n) is 3.01. The minimum atomic E-state index is 0.465. The average molecular weight is 284 g/mol. The molecule has 0 aliphatic heterocycles. The molecule has 0 radical (unpaired) electrons. The summed E-state index contributed by atoms with van der Waals surface area (Å²) in [7, 11) is 0. The van der Waals surface area contributed by atoms with Crippen LogP contribution in [0.25, 0.3) is 21.8 Å². The van der Waals surface area contributed by atoms with Gasteiger partial charge in [-0.1, -0.05) is 32.0 Å². The third-order valence-corrected chi connectivity index (χ3v) is 3.01. The number of hydrogen-bond acceptors (Lipinski definition) is 4. The van der Waals surface area contributed by atoms with E-state index in [2.05, 4.69) is 34.7 Å². The van der Waals surface area contributed by atoms with Gasteiger partial charge in [-0.25, -0.2) is 0 Å². The van der Waals surface area contributed by atoms with Gasteiger partial charge in [-0.2, -0.15) is 0 Å². The number of benzene rings is 1. The monoisotopic (exact) mass is 284 g/mol. The molecule has 0 atom stereocenters. The van der Waals surface area contributed by atoms with E-state index in [0.29, 0.717) is 5.69 Å². The van der Waals surface area contributed by atoms with E-state index in [9.17, 15) is 4.79 Å². The molecule has 0 bridgehead atoms. The molecule has 1 aromatic carbocycles. The first-order valence-electron chi connectivity index (χ1n) is 7.07. The van der Waals surface area contributed by atoms with Crippen molar-refractivity contribution in [3.63, 3.8) is 0 Å². The van der Waals surface area contributed by atoms with Crippen molar-refractivity contribution < 1.29 is 4.79 Å². The van der Waals surface area contributed by atoms with Gasteiger partial charge in [0.05, 0.1) is 11.7 Å². The lowest BCUT2D eigenvalue weighted by Crippen LogP contribution is -2.30. The largest absolute Gasteiger partial charge is 0.353 e. The number of aromatic amines is 1. The predicted molar refractivity (Wildman–Crippen MR) is 86.3 cm³/mol. The second kappa shape index (κ2) is 7.52. The van der Waals surface area contributed by atoms with E-state index in [1.165, 1.54) is 0 Å². The van der Waals surface area contributed by atoms with Gasteiger partial charge in [-0.3, -0.25) is 20.6 Å². The highest BCUT2D eigenvalue weighted by Gasteiger charge is 2.04. The average Bonchev–Trinajstić information content (AvgIpc) is 2.91. The van der Waals surface area contributed by atoms with Crippen LogP contribution in [0.3, 0.4) is 0 Å². The summed E-state index contributed by atoms with van der Waals surface area (Å²) in [6.45, 7) is 6.10. The van der Waals surface area contributed by atoms with Gasteiger partial charge in [0, 0.05) is 29.4 Å². The summed E-state index contributed by atoms with van der Waals surface area (Å²) < 4.78 is 0. The van der Waals surface area contributed by atoms with Crippen LogP contribution in [0.5, 0.6) is 0 Å². The van der Waals surface area contributed by atoms with Crippen molar-refractivity contribution in [2.45, 2.75) is 13.8 Å². The molecule has 5 nitrogen and oxygen atoms in total. The second-order valence-corrected chi connectivity index (χ2v) is 4.50. The molecular weight excluding hydrogens is 264 g/mol. The summed E-state index contributed by atoms with van der Waals surface area (Å²) in [5.74, 6) is 0. The number of aromatic nitrogens is 2. The molecular formula is C16H20N4O. The van der Waals surface area contributed by atoms with Crippen molar-refractivity contribution in [1.82, 2.24) is 20.8 Å². The minimum Gasteiger partial charge on any atom is -0.353 e. The Balaban J connectivity index is 0.000000232. The zero-order chi connectivity index (χ0) is 15.1. The van der Waals surface area contributed by atoms with Crippen molar-refractivity contribution in [3.8, 4) is 0 Å². The van der Waals surface area contributed by atoms with E-state index in [1.807, 2.05) is 24.3 Å². The Hall–Kier alpha value is -2.24. The van der Waals surface area contributed by atoms with Crippen molar-refractivity contribution in [2.75, 3.05) is 13.1 Å². The number of nitrogens with one attached hydrogen (secondary N) is 3. The number of hydrogen-bond donors (Lipinski definition) is 3. The number of hydrazine groups is 1. The van der Waals surface area contributed by atoms with Gasteiger partial charge in [0.2, 0.25) is 0 Å². The summed E-state index contributed by atoms with van der Waals surface area (Å²) in [5.41, 5.74) is 8.39. The molecule has 0 unspecified atom stereocenters. The van der Waals surface area contributed by atoms with Gasteiger partial charge in [0.1, 0.15) is 5.69 Å². The molecule has 0 fully saturated rings. The van der Waals surface area contributed by atoms with E-state index >= 15 is 0 Å². The first-order chi connectivity index (χ1) is 10.3. The summed E-state index contributed by atoms with van der Waals surface area (Å²) in [6, 6.07) is 9.81. The SMILES string of the molecule is CCNNCC.O=Cc1cc2c(cn1)[nH]c1ccccc12. The van der Waals surface area contributed by atoms with Crippen molar-refractivity contribution in [3.05, 3.63) is 42.2 Å². The van der Waals surface area contributed by atoms with Crippen molar-refractivity contribution >= 4 is 28.1 Å². The predicted octanol–water partition coefficient (Wildman–Crippen LogP) is 2.65. The number of H-pyrrole nitrogens is 1. The van der Waals surface area contributed by atoms with Crippen LogP contribution in [0.4, 0.5) is 0 Å². The second-order valence-electron chi connectivity index (χ2n) is 4.50. The summed E-state index contributed by atoms with van der Waals surface area (Å²) >= 11 is 0. The highest BCUT2D eigenvalue weighted by molar-refractivity contribution is 6.07. The molecule has 3 rings (SSSR count). The summed E-state index contributed by atoms with van der Waals surface area (Å²) in [6.07, 6.45) is 2.46. The van der Waals surface area contributed by atoms with Crippen molar-refractivity contribution in [1.29, 1.82) is 0 Å². The number of para-hydroxylation sites is 1. The lowest BCUT2D eigenvalue weighted by Gasteiger charge is -1.95. The number of fused-ring (bicyclic) bond motifs is 3. The first kappa shape index (κ1) is 15.2. The number of pyridine rings is 1. The molecule has 3 aromatic rings. The molecule has 0 saturated carbocycles. The maximum absolute atomic E-state index is 10.6. The molecule has 0 aliphatic rings. The summed E-state index contributed by atoms with van der Waals surface area (Å²) in [5, 5.41) is 2.17. The molecule has 0 saturated heterocycles. The first-order valence-corrected chi connectivity index (χ1v) is 7.07. The van der Waals surface area contributed by atoms with Crippen LogP contribution in [0.1, 0.15) is 24.3 Å². The number of rotatable bonds is 4. The maximum atomic E-state index is 10.6. The van der Waals surface area contributed by atoms with Crippen LogP contribution in [0.2, 0.25) is 0 Å². The van der Waals surface area contributed by atoms with E-state index < -0.39 is 0 Å². The van der Waals surface area contributed by atoms with Crippen LogP contribution < -0.4 is 10.9 Å². The Morgan fingerprint density at radius 1 is 1.10 bits per heavy atom. The molecule has 110 valence electrons. The Morgan fingerprint density at radius 2 is 1.81 bits per heavy atom.